The van der Waals surface area contributed by atoms with Crippen LogP contribution in [0.25, 0.3) is 10.6 Å². The van der Waals surface area contributed by atoms with Gasteiger partial charge in [0.25, 0.3) is 0 Å². The summed E-state index contributed by atoms with van der Waals surface area (Å²) in [5.41, 5.74) is 0. The van der Waals surface area contributed by atoms with Gasteiger partial charge < -0.3 is 15.1 Å². The number of nitrogens with zero attached hydrogens (tertiary/aromatic N) is 2. The molecule has 0 saturated carbocycles. The zero-order valence-electron chi connectivity index (χ0n) is 14.9. The minimum Gasteiger partial charge on any atom is -0.438 e. The summed E-state index contributed by atoms with van der Waals surface area (Å²) in [7, 11) is 0. The molecule has 4 rings (SSSR count). The fourth-order valence-electron chi connectivity index (χ4n) is 3.85. The maximum absolute atomic E-state index is 12.2. The quantitative estimate of drug-likeness (QED) is 0.813. The second kappa shape index (κ2) is 8.33. The number of hydrogen-bond donors (Lipinski definition) is 2. The number of carbonyl (C=O) groups excluding carboxylic acids is 1. The van der Waals surface area contributed by atoms with Crippen LogP contribution < -0.4 is 10.6 Å². The number of oxazole rings is 1. The zero-order chi connectivity index (χ0) is 17.8. The van der Waals surface area contributed by atoms with E-state index in [9.17, 15) is 4.79 Å². The molecule has 2 aliphatic rings. The highest BCUT2D eigenvalue weighted by Gasteiger charge is 2.25. The lowest BCUT2D eigenvalue weighted by molar-refractivity contribution is -0.123. The van der Waals surface area contributed by atoms with Gasteiger partial charge in [0.15, 0.2) is 5.76 Å². The molecule has 2 unspecified atom stereocenters. The van der Waals surface area contributed by atoms with Crippen LogP contribution in [-0.4, -0.2) is 48.0 Å². The van der Waals surface area contributed by atoms with Gasteiger partial charge in [-0.2, -0.15) is 0 Å². The van der Waals surface area contributed by atoms with Crippen LogP contribution in [0.2, 0.25) is 0 Å². The molecule has 2 aromatic rings. The van der Waals surface area contributed by atoms with Crippen LogP contribution >= 0.6 is 11.3 Å². The van der Waals surface area contributed by atoms with Crippen LogP contribution in [0, 0.1) is 5.92 Å². The summed E-state index contributed by atoms with van der Waals surface area (Å²) in [6.07, 6.45) is 6.19. The van der Waals surface area contributed by atoms with Crippen molar-refractivity contribution in [3.05, 3.63) is 29.6 Å². The van der Waals surface area contributed by atoms with Crippen molar-refractivity contribution in [3.8, 4) is 10.6 Å². The maximum atomic E-state index is 12.2. The Hall–Kier alpha value is -1.70. The number of nitrogens with one attached hydrogen (secondary N) is 2. The number of piperidine rings is 1. The Balaban J connectivity index is 1.26. The SMILES string of the molecule is O=C(NCC1CCCN(Cc2ncc(-c3cccs3)o2)C1)C1CCCN1. The standard InChI is InChI=1S/C19H26N4O2S/c24-19(15-5-1-7-20-15)22-10-14-4-2-8-23(12-14)13-18-21-11-16(25-18)17-6-3-9-26-17/h3,6,9,11,14-15,20H,1-2,4-5,7-8,10,12-13H2,(H,22,24). The van der Waals surface area contributed by atoms with Gasteiger partial charge in [0.05, 0.1) is 23.7 Å². The van der Waals surface area contributed by atoms with E-state index in [1.807, 2.05) is 23.7 Å². The molecule has 0 bridgehead atoms. The minimum absolute atomic E-state index is 0.0117. The Kier molecular flexibility index (Phi) is 5.67. The predicted octanol–water partition coefficient (Wildman–Crippen LogP) is 2.48. The fourth-order valence-corrected chi connectivity index (χ4v) is 4.52. The van der Waals surface area contributed by atoms with Gasteiger partial charge in [-0.15, -0.1) is 11.3 Å². The molecule has 2 atom stereocenters. The highest BCUT2D eigenvalue weighted by atomic mass is 32.1. The molecule has 140 valence electrons. The summed E-state index contributed by atoms with van der Waals surface area (Å²) >= 11 is 1.66. The van der Waals surface area contributed by atoms with Crippen LogP contribution in [0.5, 0.6) is 0 Å². The Bertz CT molecular complexity index is 709. The van der Waals surface area contributed by atoms with Gasteiger partial charge in [-0.25, -0.2) is 4.98 Å². The molecule has 2 aromatic heterocycles. The van der Waals surface area contributed by atoms with E-state index in [0.717, 1.165) is 68.5 Å². The molecule has 2 saturated heterocycles. The van der Waals surface area contributed by atoms with Crippen molar-refractivity contribution >= 4 is 17.2 Å². The van der Waals surface area contributed by atoms with E-state index in [-0.39, 0.29) is 11.9 Å². The summed E-state index contributed by atoms with van der Waals surface area (Å²) < 4.78 is 5.91. The molecule has 0 spiro atoms. The van der Waals surface area contributed by atoms with Crippen molar-refractivity contribution < 1.29 is 9.21 Å². The number of aromatic nitrogens is 1. The fraction of sp³-hybridized carbons (Fsp3) is 0.579. The lowest BCUT2D eigenvalue weighted by Crippen LogP contribution is -2.45. The monoisotopic (exact) mass is 374 g/mol. The van der Waals surface area contributed by atoms with Crippen molar-refractivity contribution in [2.75, 3.05) is 26.2 Å². The Morgan fingerprint density at radius 3 is 3.19 bits per heavy atom. The first-order chi connectivity index (χ1) is 12.8. The molecule has 0 aliphatic carbocycles. The van der Waals surface area contributed by atoms with Gasteiger partial charge in [-0.05, 0) is 56.1 Å². The van der Waals surface area contributed by atoms with Crippen LogP contribution in [0.3, 0.4) is 0 Å². The third-order valence-corrected chi connectivity index (χ3v) is 6.11. The largest absolute Gasteiger partial charge is 0.438 e. The van der Waals surface area contributed by atoms with Crippen LogP contribution in [0.4, 0.5) is 0 Å². The molecule has 2 fully saturated rings. The number of rotatable bonds is 6. The molecule has 7 heteroatoms. The number of carbonyl (C=O) groups is 1. The van der Waals surface area contributed by atoms with Crippen LogP contribution in [0.15, 0.2) is 28.1 Å². The molecular weight excluding hydrogens is 348 g/mol. The smallest absolute Gasteiger partial charge is 0.237 e. The van der Waals surface area contributed by atoms with Gasteiger partial charge in [0.2, 0.25) is 11.8 Å². The normalized spacial score (nSPS) is 24.0. The van der Waals surface area contributed by atoms with E-state index in [0.29, 0.717) is 5.92 Å². The molecule has 2 aliphatic heterocycles. The molecular formula is C19H26N4O2S. The second-order valence-corrected chi connectivity index (χ2v) is 8.18. The van der Waals surface area contributed by atoms with E-state index in [2.05, 4.69) is 20.5 Å². The predicted molar refractivity (Wildman–Crippen MR) is 102 cm³/mol. The highest BCUT2D eigenvalue weighted by Crippen LogP contribution is 2.26. The molecule has 1 amide bonds. The van der Waals surface area contributed by atoms with Gasteiger partial charge in [-0.3, -0.25) is 9.69 Å². The number of hydrogen-bond acceptors (Lipinski definition) is 6. The Morgan fingerprint density at radius 1 is 1.42 bits per heavy atom. The maximum Gasteiger partial charge on any atom is 0.237 e. The van der Waals surface area contributed by atoms with Crippen molar-refractivity contribution in [2.24, 2.45) is 5.92 Å². The topological polar surface area (TPSA) is 70.4 Å². The summed E-state index contributed by atoms with van der Waals surface area (Å²) in [6, 6.07) is 4.08. The van der Waals surface area contributed by atoms with Crippen molar-refractivity contribution in [2.45, 2.75) is 38.3 Å². The number of thiophene rings is 1. The van der Waals surface area contributed by atoms with Gasteiger partial charge in [0.1, 0.15) is 0 Å². The third kappa shape index (κ3) is 4.34. The van der Waals surface area contributed by atoms with Crippen molar-refractivity contribution in [1.29, 1.82) is 0 Å². The number of amides is 1. The van der Waals surface area contributed by atoms with Gasteiger partial charge >= 0.3 is 0 Å². The Labute approximate surface area is 158 Å². The van der Waals surface area contributed by atoms with Crippen LogP contribution in [-0.2, 0) is 11.3 Å². The lowest BCUT2D eigenvalue weighted by atomic mass is 9.98. The summed E-state index contributed by atoms with van der Waals surface area (Å²) in [6.45, 7) is 4.50. The van der Waals surface area contributed by atoms with Crippen molar-refractivity contribution in [1.82, 2.24) is 20.5 Å². The average molecular weight is 375 g/mol. The Morgan fingerprint density at radius 2 is 2.38 bits per heavy atom. The highest BCUT2D eigenvalue weighted by molar-refractivity contribution is 7.13. The zero-order valence-corrected chi connectivity index (χ0v) is 15.8. The first-order valence-electron chi connectivity index (χ1n) is 9.50. The summed E-state index contributed by atoms with van der Waals surface area (Å²) in [4.78, 5) is 20.1. The van der Waals surface area contributed by atoms with Gasteiger partial charge in [-0.1, -0.05) is 6.07 Å². The first kappa shape index (κ1) is 17.7. The summed E-state index contributed by atoms with van der Waals surface area (Å²) in [5.74, 6) is 2.28. The third-order valence-electron chi connectivity index (χ3n) is 5.22. The van der Waals surface area contributed by atoms with E-state index < -0.39 is 0 Å². The molecule has 4 heterocycles. The van der Waals surface area contributed by atoms with Crippen molar-refractivity contribution in [3.63, 3.8) is 0 Å². The molecule has 6 nitrogen and oxygen atoms in total. The van der Waals surface area contributed by atoms with E-state index in [1.54, 1.807) is 11.3 Å². The molecule has 0 aromatic carbocycles. The molecule has 0 radical (unpaired) electrons. The second-order valence-electron chi connectivity index (χ2n) is 7.23. The van der Waals surface area contributed by atoms with Gasteiger partial charge in [0, 0.05) is 13.1 Å². The first-order valence-corrected chi connectivity index (χ1v) is 10.4. The lowest BCUT2D eigenvalue weighted by Gasteiger charge is -2.32. The van der Waals surface area contributed by atoms with E-state index in [1.165, 1.54) is 6.42 Å². The average Bonchev–Trinajstić information content (AvgIpc) is 3.41. The molecule has 26 heavy (non-hydrogen) atoms. The van der Waals surface area contributed by atoms with E-state index >= 15 is 0 Å². The summed E-state index contributed by atoms with van der Waals surface area (Å²) in [5, 5.41) is 8.44. The number of likely N-dealkylation sites (tertiary alicyclic amines) is 1. The van der Waals surface area contributed by atoms with Crippen LogP contribution in [0.1, 0.15) is 31.6 Å². The van der Waals surface area contributed by atoms with E-state index in [4.69, 9.17) is 4.42 Å². The minimum atomic E-state index is 0.0117. The molecule has 2 N–H and O–H groups in total.